The minimum atomic E-state index is 0.0861. The Kier molecular flexibility index (Phi) is 4.86. The zero-order valence-electron chi connectivity index (χ0n) is 14.1. The van der Waals surface area contributed by atoms with Crippen LogP contribution in [0.4, 0.5) is 0 Å². The highest BCUT2D eigenvalue weighted by Crippen LogP contribution is 2.35. The van der Waals surface area contributed by atoms with Gasteiger partial charge in [-0.2, -0.15) is 0 Å². The van der Waals surface area contributed by atoms with Gasteiger partial charge in [0.25, 0.3) is 0 Å². The van der Waals surface area contributed by atoms with E-state index >= 15 is 0 Å². The normalized spacial score (nSPS) is 14.7. The Morgan fingerprint density at radius 3 is 2.11 bits per heavy atom. The molecule has 0 aromatic carbocycles. The molecule has 1 aromatic rings. The van der Waals surface area contributed by atoms with Gasteiger partial charge in [-0.1, -0.05) is 61.8 Å². The molecule has 0 amide bonds. The van der Waals surface area contributed by atoms with Gasteiger partial charge in [-0.05, 0) is 18.8 Å². The third-order valence-corrected chi connectivity index (χ3v) is 4.06. The molecule has 110 valence electrons. The summed E-state index contributed by atoms with van der Waals surface area (Å²) in [6, 6.07) is 0. The highest BCUT2D eigenvalue weighted by atomic mass is 15.0. The number of rotatable bonds is 5. The molecule has 1 rings (SSSR count). The van der Waals surface area contributed by atoms with Gasteiger partial charge in [0.15, 0.2) is 0 Å². The zero-order valence-corrected chi connectivity index (χ0v) is 14.1. The van der Waals surface area contributed by atoms with Crippen molar-refractivity contribution >= 4 is 0 Å². The molecule has 0 spiro atoms. The SMILES string of the molecule is CCCC(C)(C)c1nc(C(C)(C)C)[nH]c1C(C)CC. The number of hydrogen-bond donors (Lipinski definition) is 1. The van der Waals surface area contributed by atoms with Crippen molar-refractivity contribution in [3.05, 3.63) is 17.2 Å². The second-order valence-corrected chi connectivity index (χ2v) is 7.54. The zero-order chi connectivity index (χ0) is 14.8. The fourth-order valence-corrected chi connectivity index (χ4v) is 2.56. The molecule has 0 aliphatic rings. The van der Waals surface area contributed by atoms with Gasteiger partial charge < -0.3 is 4.98 Å². The van der Waals surface area contributed by atoms with Crippen LogP contribution in [0, 0.1) is 0 Å². The summed E-state index contributed by atoms with van der Waals surface area (Å²) in [4.78, 5) is 8.61. The number of aromatic nitrogens is 2. The number of aromatic amines is 1. The molecule has 1 heterocycles. The van der Waals surface area contributed by atoms with Gasteiger partial charge in [0, 0.05) is 16.5 Å². The summed E-state index contributed by atoms with van der Waals surface area (Å²) in [5, 5.41) is 0. The van der Waals surface area contributed by atoms with Crippen LogP contribution in [0.3, 0.4) is 0 Å². The standard InChI is InChI=1S/C17H32N2/c1-9-11-17(7,8)14-13(12(3)10-2)18-15(19-14)16(4,5)6/h12H,9-11H2,1-8H3,(H,18,19). The fraction of sp³-hybridized carbons (Fsp3) is 0.824. The Hall–Kier alpha value is -0.790. The average molecular weight is 264 g/mol. The lowest BCUT2D eigenvalue weighted by molar-refractivity contribution is 0.450. The molecule has 0 aliphatic heterocycles. The summed E-state index contributed by atoms with van der Waals surface area (Å²) in [6.07, 6.45) is 3.54. The Labute approximate surface area is 119 Å². The first kappa shape index (κ1) is 16.3. The number of hydrogen-bond acceptors (Lipinski definition) is 1. The third kappa shape index (κ3) is 3.61. The van der Waals surface area contributed by atoms with E-state index in [0.29, 0.717) is 5.92 Å². The van der Waals surface area contributed by atoms with Gasteiger partial charge in [-0.25, -0.2) is 4.98 Å². The molecule has 1 N–H and O–H groups in total. The van der Waals surface area contributed by atoms with E-state index in [2.05, 4.69) is 60.4 Å². The predicted octanol–water partition coefficient (Wildman–Crippen LogP) is 5.30. The monoisotopic (exact) mass is 264 g/mol. The van der Waals surface area contributed by atoms with Crippen LogP contribution in [0.2, 0.25) is 0 Å². The molecule has 0 fully saturated rings. The Balaban J connectivity index is 3.32. The van der Waals surface area contributed by atoms with Crippen LogP contribution in [0.25, 0.3) is 0 Å². The van der Waals surface area contributed by atoms with Crippen molar-refractivity contribution in [1.29, 1.82) is 0 Å². The molecule has 0 radical (unpaired) electrons. The van der Waals surface area contributed by atoms with E-state index in [4.69, 9.17) is 4.98 Å². The Bertz CT molecular complexity index is 407. The van der Waals surface area contributed by atoms with E-state index in [1.165, 1.54) is 24.2 Å². The van der Waals surface area contributed by atoms with Crippen LogP contribution in [0.15, 0.2) is 0 Å². The Morgan fingerprint density at radius 1 is 1.11 bits per heavy atom. The maximum absolute atomic E-state index is 4.99. The summed E-state index contributed by atoms with van der Waals surface area (Å²) in [5.41, 5.74) is 2.88. The summed E-state index contributed by atoms with van der Waals surface area (Å²) in [5.74, 6) is 1.68. The summed E-state index contributed by atoms with van der Waals surface area (Å²) >= 11 is 0. The van der Waals surface area contributed by atoms with Crippen molar-refractivity contribution in [2.24, 2.45) is 0 Å². The third-order valence-electron chi connectivity index (χ3n) is 4.06. The van der Waals surface area contributed by atoms with Crippen molar-refractivity contribution in [3.63, 3.8) is 0 Å². The molecule has 0 saturated carbocycles. The lowest BCUT2D eigenvalue weighted by atomic mass is 9.81. The predicted molar refractivity (Wildman–Crippen MR) is 83.9 cm³/mol. The molecule has 0 aliphatic carbocycles. The largest absolute Gasteiger partial charge is 0.345 e. The maximum Gasteiger partial charge on any atom is 0.112 e. The van der Waals surface area contributed by atoms with Crippen molar-refractivity contribution in [2.75, 3.05) is 0 Å². The second-order valence-electron chi connectivity index (χ2n) is 7.54. The maximum atomic E-state index is 4.99. The summed E-state index contributed by atoms with van der Waals surface area (Å²) in [7, 11) is 0. The lowest BCUT2D eigenvalue weighted by Gasteiger charge is -2.25. The topological polar surface area (TPSA) is 28.7 Å². The molecule has 1 unspecified atom stereocenters. The van der Waals surface area contributed by atoms with Crippen molar-refractivity contribution < 1.29 is 0 Å². The number of H-pyrrole nitrogens is 1. The van der Waals surface area contributed by atoms with E-state index in [0.717, 1.165) is 12.2 Å². The Morgan fingerprint density at radius 2 is 1.68 bits per heavy atom. The highest BCUT2D eigenvalue weighted by Gasteiger charge is 2.30. The van der Waals surface area contributed by atoms with E-state index < -0.39 is 0 Å². The average Bonchev–Trinajstić information content (AvgIpc) is 2.73. The lowest BCUT2D eigenvalue weighted by Crippen LogP contribution is -2.20. The molecule has 0 saturated heterocycles. The number of imidazole rings is 1. The quantitative estimate of drug-likeness (QED) is 0.768. The van der Waals surface area contributed by atoms with Gasteiger partial charge in [-0.3, -0.25) is 0 Å². The van der Waals surface area contributed by atoms with Crippen LogP contribution in [-0.4, -0.2) is 9.97 Å². The van der Waals surface area contributed by atoms with E-state index in [1.807, 2.05) is 0 Å². The molecule has 19 heavy (non-hydrogen) atoms. The number of nitrogens with zero attached hydrogens (tertiary/aromatic N) is 1. The van der Waals surface area contributed by atoms with Crippen molar-refractivity contribution in [2.45, 2.75) is 91.4 Å². The second kappa shape index (κ2) is 5.68. The summed E-state index contributed by atoms with van der Waals surface area (Å²) < 4.78 is 0. The van der Waals surface area contributed by atoms with E-state index in [9.17, 15) is 0 Å². The van der Waals surface area contributed by atoms with Crippen molar-refractivity contribution in [1.82, 2.24) is 9.97 Å². The smallest absolute Gasteiger partial charge is 0.112 e. The first-order valence-corrected chi connectivity index (χ1v) is 7.74. The van der Waals surface area contributed by atoms with Crippen LogP contribution in [0.1, 0.15) is 97.8 Å². The fourth-order valence-electron chi connectivity index (χ4n) is 2.56. The van der Waals surface area contributed by atoms with Gasteiger partial charge in [0.1, 0.15) is 5.82 Å². The van der Waals surface area contributed by atoms with Gasteiger partial charge in [0.05, 0.1) is 5.69 Å². The van der Waals surface area contributed by atoms with Gasteiger partial charge >= 0.3 is 0 Å². The van der Waals surface area contributed by atoms with Crippen LogP contribution < -0.4 is 0 Å². The first-order valence-electron chi connectivity index (χ1n) is 7.74. The van der Waals surface area contributed by atoms with Crippen LogP contribution in [0.5, 0.6) is 0 Å². The van der Waals surface area contributed by atoms with Gasteiger partial charge in [0.2, 0.25) is 0 Å². The molecule has 0 bridgehead atoms. The molecule has 1 aromatic heterocycles. The van der Waals surface area contributed by atoms with Crippen molar-refractivity contribution in [3.8, 4) is 0 Å². The minimum Gasteiger partial charge on any atom is -0.345 e. The van der Waals surface area contributed by atoms with Crippen LogP contribution >= 0.6 is 0 Å². The van der Waals surface area contributed by atoms with Crippen LogP contribution in [-0.2, 0) is 10.8 Å². The van der Waals surface area contributed by atoms with E-state index in [-0.39, 0.29) is 10.8 Å². The van der Waals surface area contributed by atoms with Gasteiger partial charge in [-0.15, -0.1) is 0 Å². The molecule has 2 nitrogen and oxygen atoms in total. The number of nitrogens with one attached hydrogen (secondary N) is 1. The molecular formula is C17H32N2. The van der Waals surface area contributed by atoms with E-state index in [1.54, 1.807) is 0 Å². The molecule has 1 atom stereocenters. The molecule has 2 heteroatoms. The minimum absolute atomic E-state index is 0.0861. The highest BCUT2D eigenvalue weighted by molar-refractivity contribution is 5.28. The summed E-state index contributed by atoms with van der Waals surface area (Å²) in [6.45, 7) is 18.1. The first-order chi connectivity index (χ1) is 8.63. The molecular weight excluding hydrogens is 232 g/mol.